The molecule has 1 saturated carbocycles. The third kappa shape index (κ3) is 6.61. The summed E-state index contributed by atoms with van der Waals surface area (Å²) < 4.78 is 37.9. The summed E-state index contributed by atoms with van der Waals surface area (Å²) in [7, 11) is 0. The molecule has 0 heterocycles. The van der Waals surface area contributed by atoms with Crippen molar-refractivity contribution in [2.75, 3.05) is 19.6 Å². The SMILES string of the molecule is CCC(C)(CNC(C)C)CN(CC(F)(F)F)C1CC1. The summed E-state index contributed by atoms with van der Waals surface area (Å²) in [6.45, 7) is 8.77. The Labute approximate surface area is 114 Å². The molecule has 5 heteroatoms. The smallest absolute Gasteiger partial charge is 0.314 e. The molecule has 1 fully saturated rings. The molecule has 0 bridgehead atoms. The second kappa shape index (κ2) is 6.44. The lowest BCUT2D eigenvalue weighted by atomic mass is 9.86. The summed E-state index contributed by atoms with van der Waals surface area (Å²) in [5, 5.41) is 3.36. The highest BCUT2D eigenvalue weighted by atomic mass is 19.4. The number of nitrogens with one attached hydrogen (secondary N) is 1. The van der Waals surface area contributed by atoms with Gasteiger partial charge in [0.25, 0.3) is 0 Å². The molecule has 1 rings (SSSR count). The lowest BCUT2D eigenvalue weighted by Gasteiger charge is -2.36. The summed E-state index contributed by atoms with van der Waals surface area (Å²) >= 11 is 0. The number of hydrogen-bond acceptors (Lipinski definition) is 2. The zero-order valence-electron chi connectivity index (χ0n) is 12.5. The van der Waals surface area contributed by atoms with Gasteiger partial charge in [0, 0.05) is 25.2 Å². The van der Waals surface area contributed by atoms with E-state index in [0.717, 1.165) is 25.8 Å². The van der Waals surface area contributed by atoms with Crippen LogP contribution in [0.15, 0.2) is 0 Å². The third-order valence-corrected chi connectivity index (χ3v) is 3.82. The van der Waals surface area contributed by atoms with Crippen LogP contribution in [-0.4, -0.2) is 42.8 Å². The fourth-order valence-electron chi connectivity index (χ4n) is 2.22. The van der Waals surface area contributed by atoms with Crippen LogP contribution in [0, 0.1) is 5.41 Å². The molecule has 0 saturated heterocycles. The van der Waals surface area contributed by atoms with Crippen molar-refractivity contribution in [2.45, 2.75) is 65.2 Å². The van der Waals surface area contributed by atoms with E-state index in [1.54, 1.807) is 4.90 Å². The van der Waals surface area contributed by atoms with Crippen molar-refractivity contribution in [1.82, 2.24) is 10.2 Å². The van der Waals surface area contributed by atoms with Gasteiger partial charge in [-0.3, -0.25) is 4.90 Å². The summed E-state index contributed by atoms with van der Waals surface area (Å²) in [4.78, 5) is 1.63. The Hall–Kier alpha value is -0.290. The predicted octanol–water partition coefficient (Wildman–Crippen LogP) is 3.43. The first-order valence-corrected chi connectivity index (χ1v) is 7.19. The van der Waals surface area contributed by atoms with Gasteiger partial charge in [-0.2, -0.15) is 13.2 Å². The maximum Gasteiger partial charge on any atom is 0.401 e. The Morgan fingerprint density at radius 3 is 2.16 bits per heavy atom. The molecule has 0 amide bonds. The van der Waals surface area contributed by atoms with Gasteiger partial charge in [0.05, 0.1) is 6.54 Å². The van der Waals surface area contributed by atoms with E-state index < -0.39 is 12.7 Å². The van der Waals surface area contributed by atoms with Crippen LogP contribution in [0.4, 0.5) is 13.2 Å². The maximum absolute atomic E-state index is 12.6. The molecule has 114 valence electrons. The van der Waals surface area contributed by atoms with Gasteiger partial charge in [-0.25, -0.2) is 0 Å². The molecule has 0 aromatic heterocycles. The van der Waals surface area contributed by atoms with Crippen LogP contribution >= 0.6 is 0 Å². The Balaban J connectivity index is 2.58. The second-order valence-corrected chi connectivity index (χ2v) is 6.45. The topological polar surface area (TPSA) is 15.3 Å². The van der Waals surface area contributed by atoms with Crippen molar-refractivity contribution in [1.29, 1.82) is 0 Å². The van der Waals surface area contributed by atoms with Crippen molar-refractivity contribution in [3.8, 4) is 0 Å². The van der Waals surface area contributed by atoms with E-state index in [4.69, 9.17) is 0 Å². The second-order valence-electron chi connectivity index (χ2n) is 6.45. The van der Waals surface area contributed by atoms with Gasteiger partial charge in [-0.1, -0.05) is 27.7 Å². The first-order chi connectivity index (χ1) is 8.65. The van der Waals surface area contributed by atoms with Crippen molar-refractivity contribution < 1.29 is 13.2 Å². The van der Waals surface area contributed by atoms with E-state index in [-0.39, 0.29) is 11.5 Å². The highest BCUT2D eigenvalue weighted by Crippen LogP contribution is 2.33. The molecular formula is C14H27F3N2. The van der Waals surface area contributed by atoms with E-state index in [1.807, 2.05) is 0 Å². The zero-order chi connectivity index (χ0) is 14.7. The summed E-state index contributed by atoms with van der Waals surface area (Å²) in [6.07, 6.45) is -1.39. The molecule has 1 unspecified atom stereocenters. The molecule has 0 aromatic rings. The quantitative estimate of drug-likeness (QED) is 0.733. The molecule has 0 aliphatic heterocycles. The molecule has 19 heavy (non-hydrogen) atoms. The molecular weight excluding hydrogens is 253 g/mol. The van der Waals surface area contributed by atoms with E-state index in [2.05, 4.69) is 33.0 Å². The summed E-state index contributed by atoms with van der Waals surface area (Å²) in [5.74, 6) is 0. The summed E-state index contributed by atoms with van der Waals surface area (Å²) in [5.41, 5.74) is -0.0991. The monoisotopic (exact) mass is 280 g/mol. The third-order valence-electron chi connectivity index (χ3n) is 3.82. The van der Waals surface area contributed by atoms with Crippen LogP contribution in [0.25, 0.3) is 0 Å². The average molecular weight is 280 g/mol. The highest BCUT2D eigenvalue weighted by Gasteiger charge is 2.40. The lowest BCUT2D eigenvalue weighted by Crippen LogP contribution is -2.47. The van der Waals surface area contributed by atoms with Gasteiger partial charge >= 0.3 is 6.18 Å². The number of nitrogens with zero attached hydrogens (tertiary/aromatic N) is 1. The Morgan fingerprint density at radius 1 is 1.21 bits per heavy atom. The van der Waals surface area contributed by atoms with Gasteiger partial charge in [-0.05, 0) is 24.7 Å². The van der Waals surface area contributed by atoms with E-state index in [1.165, 1.54) is 0 Å². The van der Waals surface area contributed by atoms with E-state index in [0.29, 0.717) is 12.6 Å². The average Bonchev–Trinajstić information content (AvgIpc) is 3.07. The summed E-state index contributed by atoms with van der Waals surface area (Å²) in [6, 6.07) is 0.509. The van der Waals surface area contributed by atoms with Gasteiger partial charge in [0.1, 0.15) is 0 Å². The van der Waals surface area contributed by atoms with Crippen molar-refractivity contribution >= 4 is 0 Å². The maximum atomic E-state index is 12.6. The number of hydrogen-bond donors (Lipinski definition) is 1. The molecule has 1 aliphatic rings. The Morgan fingerprint density at radius 2 is 1.79 bits per heavy atom. The standard InChI is InChI=1S/C14H27F3N2/c1-5-13(4,8-18-11(2)3)9-19(12-6-7-12)10-14(15,16)17/h11-12,18H,5-10H2,1-4H3. The highest BCUT2D eigenvalue weighted by molar-refractivity contribution is 4.90. The van der Waals surface area contributed by atoms with Gasteiger partial charge in [-0.15, -0.1) is 0 Å². The fourth-order valence-corrected chi connectivity index (χ4v) is 2.22. The number of halogens is 3. The van der Waals surface area contributed by atoms with E-state index in [9.17, 15) is 13.2 Å². The van der Waals surface area contributed by atoms with Crippen molar-refractivity contribution in [3.05, 3.63) is 0 Å². The number of rotatable bonds is 8. The van der Waals surface area contributed by atoms with Gasteiger partial charge in [0.15, 0.2) is 0 Å². The van der Waals surface area contributed by atoms with Crippen LogP contribution in [-0.2, 0) is 0 Å². The van der Waals surface area contributed by atoms with Crippen LogP contribution in [0.5, 0.6) is 0 Å². The molecule has 1 N–H and O–H groups in total. The van der Waals surface area contributed by atoms with E-state index >= 15 is 0 Å². The van der Waals surface area contributed by atoms with Crippen LogP contribution in [0.3, 0.4) is 0 Å². The molecule has 0 spiro atoms. The molecule has 0 aromatic carbocycles. The van der Waals surface area contributed by atoms with Crippen LogP contribution < -0.4 is 5.32 Å². The first-order valence-electron chi connectivity index (χ1n) is 7.19. The van der Waals surface area contributed by atoms with Gasteiger partial charge in [0.2, 0.25) is 0 Å². The minimum atomic E-state index is -4.09. The minimum absolute atomic E-state index is 0.0991. The lowest BCUT2D eigenvalue weighted by molar-refractivity contribution is -0.150. The normalized spacial score (nSPS) is 20.1. The van der Waals surface area contributed by atoms with Gasteiger partial charge < -0.3 is 5.32 Å². The van der Waals surface area contributed by atoms with Crippen LogP contribution in [0.1, 0.15) is 47.0 Å². The predicted molar refractivity (Wildman–Crippen MR) is 72.2 cm³/mol. The van der Waals surface area contributed by atoms with Crippen molar-refractivity contribution in [2.24, 2.45) is 5.41 Å². The fraction of sp³-hybridized carbons (Fsp3) is 1.00. The Bertz CT molecular complexity index is 274. The zero-order valence-corrected chi connectivity index (χ0v) is 12.5. The van der Waals surface area contributed by atoms with Crippen molar-refractivity contribution in [3.63, 3.8) is 0 Å². The minimum Gasteiger partial charge on any atom is -0.314 e. The molecule has 1 aliphatic carbocycles. The Kier molecular flexibility index (Phi) is 5.68. The number of alkyl halides is 3. The van der Waals surface area contributed by atoms with Crippen LogP contribution in [0.2, 0.25) is 0 Å². The first kappa shape index (κ1) is 16.8. The molecule has 2 nitrogen and oxygen atoms in total. The largest absolute Gasteiger partial charge is 0.401 e. The molecule has 0 radical (unpaired) electrons. The molecule has 1 atom stereocenters.